The summed E-state index contributed by atoms with van der Waals surface area (Å²) in [5.41, 5.74) is 2.26. The summed E-state index contributed by atoms with van der Waals surface area (Å²) in [5.74, 6) is -4.04. The second-order valence-electron chi connectivity index (χ2n) is 7.47. The molecule has 3 atom stereocenters. The van der Waals surface area contributed by atoms with Gasteiger partial charge in [-0.05, 0) is 18.1 Å². The Hall–Kier alpha value is -3.20. The SMILES string of the molecule is COC(=O)C(C(=O)O)[C@H](C/C=C/[C@@H](CO)Nc1nc(-c2ccccc2Cl)cs1)c1ccccc1. The molecule has 9 heteroatoms. The number of thiazole rings is 1. The third-order valence-corrected chi connectivity index (χ3v) is 6.37. The zero-order chi connectivity index (χ0) is 24.5. The van der Waals surface area contributed by atoms with E-state index in [0.717, 1.165) is 11.3 Å². The van der Waals surface area contributed by atoms with E-state index in [1.807, 2.05) is 29.6 Å². The third-order valence-electron chi connectivity index (χ3n) is 5.27. The fraction of sp³-hybridized carbons (Fsp3) is 0.240. The number of carboxylic acid groups (broad SMARTS) is 1. The van der Waals surface area contributed by atoms with E-state index in [2.05, 4.69) is 10.3 Å². The zero-order valence-electron chi connectivity index (χ0n) is 18.4. The Morgan fingerprint density at radius 1 is 1.18 bits per heavy atom. The molecule has 34 heavy (non-hydrogen) atoms. The largest absolute Gasteiger partial charge is 0.481 e. The number of benzene rings is 2. The van der Waals surface area contributed by atoms with Crippen LogP contribution >= 0.6 is 22.9 Å². The van der Waals surface area contributed by atoms with Gasteiger partial charge in [-0.1, -0.05) is 72.3 Å². The molecule has 0 saturated carbocycles. The number of nitrogens with one attached hydrogen (secondary N) is 1. The molecular weight excluding hydrogens is 476 g/mol. The van der Waals surface area contributed by atoms with Crippen LogP contribution in [0.4, 0.5) is 5.13 Å². The van der Waals surface area contributed by atoms with Crippen LogP contribution < -0.4 is 5.32 Å². The van der Waals surface area contributed by atoms with E-state index in [9.17, 15) is 19.8 Å². The lowest BCUT2D eigenvalue weighted by molar-refractivity contribution is -0.157. The molecule has 0 aliphatic heterocycles. The molecule has 2 aromatic carbocycles. The van der Waals surface area contributed by atoms with Crippen LogP contribution in [0.15, 0.2) is 72.1 Å². The van der Waals surface area contributed by atoms with Gasteiger partial charge in [-0.3, -0.25) is 9.59 Å². The third kappa shape index (κ3) is 6.44. The first-order valence-electron chi connectivity index (χ1n) is 10.5. The maximum absolute atomic E-state index is 12.2. The number of aliphatic hydroxyl groups excluding tert-OH is 1. The standard InChI is InChI=1S/C25H25ClN2O5S/c1-33-24(32)22(23(30)31)18(16-8-3-2-4-9-16)12-7-10-17(14-29)27-25-28-21(15-34-25)19-11-5-6-13-20(19)26/h2-11,13,15,17-18,22,29H,12,14H2,1H3,(H,27,28)(H,30,31)/b10-7+/t17-,18+,22?/m0/s1. The fourth-order valence-corrected chi connectivity index (χ4v) is 4.57. The Balaban J connectivity index is 1.74. The van der Waals surface area contributed by atoms with E-state index in [1.54, 1.807) is 42.5 Å². The molecule has 0 radical (unpaired) electrons. The van der Waals surface area contributed by atoms with Crippen LogP contribution in [-0.4, -0.2) is 46.9 Å². The molecule has 1 aromatic heterocycles. The van der Waals surface area contributed by atoms with Gasteiger partial charge in [0.2, 0.25) is 0 Å². The number of carbonyl (C=O) groups excluding carboxylic acids is 1. The minimum Gasteiger partial charge on any atom is -0.481 e. The highest BCUT2D eigenvalue weighted by Gasteiger charge is 2.36. The summed E-state index contributed by atoms with van der Waals surface area (Å²) in [6.45, 7) is -0.202. The topological polar surface area (TPSA) is 109 Å². The lowest BCUT2D eigenvalue weighted by Crippen LogP contribution is -2.31. The van der Waals surface area contributed by atoms with Crippen LogP contribution in [0.1, 0.15) is 17.9 Å². The monoisotopic (exact) mass is 500 g/mol. The van der Waals surface area contributed by atoms with Crippen LogP contribution in [0, 0.1) is 5.92 Å². The minimum absolute atomic E-state index is 0.202. The van der Waals surface area contributed by atoms with Crippen molar-refractivity contribution in [1.29, 1.82) is 0 Å². The molecule has 1 heterocycles. The number of ether oxygens (including phenoxy) is 1. The lowest BCUT2D eigenvalue weighted by atomic mass is 9.83. The molecule has 3 rings (SSSR count). The minimum atomic E-state index is -1.35. The number of carboxylic acids is 1. The van der Waals surface area contributed by atoms with Crippen LogP contribution in [0.2, 0.25) is 5.02 Å². The second kappa shape index (κ2) is 12.3. The van der Waals surface area contributed by atoms with Gasteiger partial charge in [0.05, 0.1) is 25.5 Å². The van der Waals surface area contributed by atoms with Gasteiger partial charge in [-0.2, -0.15) is 0 Å². The van der Waals surface area contributed by atoms with Crippen LogP contribution in [0.25, 0.3) is 11.3 Å². The highest BCUT2D eigenvalue weighted by atomic mass is 35.5. The zero-order valence-corrected chi connectivity index (χ0v) is 20.0. The van der Waals surface area contributed by atoms with Gasteiger partial charge in [0.15, 0.2) is 11.0 Å². The number of aliphatic hydroxyl groups is 1. The Morgan fingerprint density at radius 2 is 1.88 bits per heavy atom. The molecule has 1 unspecified atom stereocenters. The van der Waals surface area contributed by atoms with Crippen LogP contribution in [0.3, 0.4) is 0 Å². The number of aromatic nitrogens is 1. The number of hydrogen-bond acceptors (Lipinski definition) is 7. The van der Waals surface area contributed by atoms with Gasteiger partial charge in [0.1, 0.15) is 0 Å². The number of aliphatic carboxylic acids is 1. The van der Waals surface area contributed by atoms with Crippen molar-refractivity contribution in [2.75, 3.05) is 19.0 Å². The lowest BCUT2D eigenvalue weighted by Gasteiger charge is -2.21. The average Bonchev–Trinajstić information content (AvgIpc) is 3.31. The molecule has 178 valence electrons. The Morgan fingerprint density at radius 3 is 2.53 bits per heavy atom. The van der Waals surface area contributed by atoms with Crippen molar-refractivity contribution in [2.24, 2.45) is 5.92 Å². The summed E-state index contributed by atoms with van der Waals surface area (Å²) in [7, 11) is 1.17. The first kappa shape index (κ1) is 25.4. The van der Waals surface area contributed by atoms with E-state index < -0.39 is 29.8 Å². The van der Waals surface area contributed by atoms with Gasteiger partial charge < -0.3 is 20.3 Å². The van der Waals surface area contributed by atoms with Gasteiger partial charge in [-0.15, -0.1) is 11.3 Å². The number of methoxy groups -OCH3 is 1. The van der Waals surface area contributed by atoms with Crippen molar-refractivity contribution in [1.82, 2.24) is 4.98 Å². The number of anilines is 1. The van der Waals surface area contributed by atoms with Gasteiger partial charge in [0.25, 0.3) is 0 Å². The van der Waals surface area contributed by atoms with E-state index in [1.165, 1.54) is 18.4 Å². The molecular formula is C25H25ClN2O5S. The van der Waals surface area contributed by atoms with Crippen molar-refractivity contribution in [2.45, 2.75) is 18.4 Å². The summed E-state index contributed by atoms with van der Waals surface area (Å²) in [5, 5.41) is 25.8. The fourth-order valence-electron chi connectivity index (χ4n) is 3.56. The summed E-state index contributed by atoms with van der Waals surface area (Å²) >= 11 is 7.63. The molecule has 0 fully saturated rings. The summed E-state index contributed by atoms with van der Waals surface area (Å²) in [6, 6.07) is 15.9. The molecule has 7 nitrogen and oxygen atoms in total. The summed E-state index contributed by atoms with van der Waals surface area (Å²) < 4.78 is 4.74. The number of nitrogens with zero attached hydrogens (tertiary/aromatic N) is 1. The molecule has 0 aliphatic rings. The van der Waals surface area contributed by atoms with Gasteiger partial charge in [-0.25, -0.2) is 4.98 Å². The summed E-state index contributed by atoms with van der Waals surface area (Å²) in [6.07, 6.45) is 3.76. The molecule has 0 spiro atoms. The van der Waals surface area contributed by atoms with E-state index in [4.69, 9.17) is 16.3 Å². The molecule has 0 bridgehead atoms. The Kier molecular flexibility index (Phi) is 9.21. The van der Waals surface area contributed by atoms with E-state index in [0.29, 0.717) is 15.7 Å². The quantitative estimate of drug-likeness (QED) is 0.196. The predicted molar refractivity (Wildman–Crippen MR) is 133 cm³/mol. The molecule has 0 aliphatic carbocycles. The molecule has 3 N–H and O–H groups in total. The normalized spacial score (nSPS) is 13.9. The first-order chi connectivity index (χ1) is 16.4. The van der Waals surface area contributed by atoms with Crippen molar-refractivity contribution in [3.05, 3.63) is 82.7 Å². The summed E-state index contributed by atoms with van der Waals surface area (Å²) in [4.78, 5) is 28.6. The molecule has 0 saturated heterocycles. The smallest absolute Gasteiger partial charge is 0.320 e. The Labute approximate surface area is 206 Å². The maximum Gasteiger partial charge on any atom is 0.320 e. The van der Waals surface area contributed by atoms with Crippen LogP contribution in [0.5, 0.6) is 0 Å². The molecule has 3 aromatic rings. The molecule has 0 amide bonds. The second-order valence-corrected chi connectivity index (χ2v) is 8.74. The maximum atomic E-state index is 12.2. The number of hydrogen-bond donors (Lipinski definition) is 3. The van der Waals surface area contributed by atoms with E-state index >= 15 is 0 Å². The average molecular weight is 501 g/mol. The van der Waals surface area contributed by atoms with Crippen molar-refractivity contribution in [3.63, 3.8) is 0 Å². The van der Waals surface area contributed by atoms with Gasteiger partial charge >= 0.3 is 11.9 Å². The number of allylic oxidation sites excluding steroid dienone is 1. The highest BCUT2D eigenvalue weighted by molar-refractivity contribution is 7.14. The highest BCUT2D eigenvalue weighted by Crippen LogP contribution is 2.32. The predicted octanol–water partition coefficient (Wildman–Crippen LogP) is 4.84. The first-order valence-corrected chi connectivity index (χ1v) is 11.8. The van der Waals surface area contributed by atoms with Crippen molar-refractivity contribution in [3.8, 4) is 11.3 Å². The number of rotatable bonds is 11. The number of esters is 1. The van der Waals surface area contributed by atoms with Crippen LogP contribution in [-0.2, 0) is 14.3 Å². The van der Waals surface area contributed by atoms with E-state index in [-0.39, 0.29) is 13.0 Å². The Bertz CT molecular complexity index is 1140. The number of carbonyl (C=O) groups is 2. The van der Waals surface area contributed by atoms with Crippen molar-refractivity contribution >= 4 is 40.0 Å². The van der Waals surface area contributed by atoms with Gasteiger partial charge in [0, 0.05) is 21.9 Å². The number of halogens is 1. The van der Waals surface area contributed by atoms with Crippen molar-refractivity contribution < 1.29 is 24.5 Å².